The Morgan fingerprint density at radius 2 is 1.44 bits per heavy atom. The molecule has 144 valence electrons. The molecule has 0 aromatic heterocycles. The Labute approximate surface area is 147 Å². The largest absolute Gasteiger partial charge is 0.464 e. The molecule has 0 radical (unpaired) electrons. The van der Waals surface area contributed by atoms with Crippen LogP contribution in [0.2, 0.25) is 0 Å². The first kappa shape index (κ1) is 22.8. The highest BCUT2D eigenvalue weighted by molar-refractivity contribution is 6.07. The van der Waals surface area contributed by atoms with E-state index < -0.39 is 48.0 Å². The second-order valence-electron chi connectivity index (χ2n) is 6.17. The second-order valence-corrected chi connectivity index (χ2v) is 6.17. The van der Waals surface area contributed by atoms with Gasteiger partial charge >= 0.3 is 18.0 Å². The van der Waals surface area contributed by atoms with E-state index in [0.717, 1.165) is 0 Å². The highest BCUT2D eigenvalue weighted by atomic mass is 16.6. The number of alkyl carbamates (subject to hydrolysis) is 1. The zero-order chi connectivity index (χ0) is 19.7. The van der Waals surface area contributed by atoms with Gasteiger partial charge in [0.1, 0.15) is 12.2 Å². The Hall–Kier alpha value is -2.16. The topological polar surface area (TPSA) is 128 Å². The van der Waals surface area contributed by atoms with Crippen LogP contribution in [-0.2, 0) is 28.6 Å². The van der Waals surface area contributed by atoms with E-state index in [2.05, 4.69) is 5.32 Å². The molecule has 0 aromatic carbocycles. The number of hydrogen-bond acceptors (Lipinski definition) is 8. The molecule has 9 heteroatoms. The fourth-order valence-corrected chi connectivity index (χ4v) is 1.84. The minimum absolute atomic E-state index is 0.0517. The van der Waals surface area contributed by atoms with Gasteiger partial charge in [-0.05, 0) is 41.0 Å². The lowest BCUT2D eigenvalue weighted by atomic mass is 9.92. The number of carbonyl (C=O) groups is 4. The lowest BCUT2D eigenvalue weighted by Gasteiger charge is -2.31. The predicted octanol–water partition coefficient (Wildman–Crippen LogP) is 0.718. The second kappa shape index (κ2) is 9.97. The van der Waals surface area contributed by atoms with Gasteiger partial charge in [-0.2, -0.15) is 0 Å². The molecule has 0 aliphatic carbocycles. The maximum atomic E-state index is 12.4. The van der Waals surface area contributed by atoms with Crippen LogP contribution in [0.1, 0.15) is 47.5 Å². The molecule has 0 spiro atoms. The molecule has 0 atom stereocenters. The van der Waals surface area contributed by atoms with Crippen LogP contribution in [0.5, 0.6) is 0 Å². The molecule has 0 saturated heterocycles. The number of hydrogen-bond donors (Lipinski definition) is 2. The van der Waals surface area contributed by atoms with Gasteiger partial charge < -0.3 is 19.3 Å². The summed E-state index contributed by atoms with van der Waals surface area (Å²) in [5, 5.41) is 11.0. The molecule has 0 unspecified atom stereocenters. The van der Waals surface area contributed by atoms with Crippen LogP contribution in [0.15, 0.2) is 0 Å². The molecule has 1 amide bonds. The molecule has 2 N–H and O–H groups in total. The molecule has 0 aliphatic heterocycles. The highest BCUT2D eigenvalue weighted by Crippen LogP contribution is 2.20. The summed E-state index contributed by atoms with van der Waals surface area (Å²) in [6.45, 7) is 7.02. The first-order valence-corrected chi connectivity index (χ1v) is 8.00. The van der Waals surface area contributed by atoms with Crippen molar-refractivity contribution >= 4 is 23.8 Å². The van der Waals surface area contributed by atoms with Gasteiger partial charge in [0.05, 0.1) is 13.2 Å². The molecule has 0 bridgehead atoms. The number of nitrogens with one attached hydrogen (secondary N) is 1. The van der Waals surface area contributed by atoms with Gasteiger partial charge in [0.25, 0.3) is 0 Å². The summed E-state index contributed by atoms with van der Waals surface area (Å²) < 4.78 is 14.9. The normalized spacial score (nSPS) is 11.4. The van der Waals surface area contributed by atoms with Crippen molar-refractivity contribution < 1.29 is 38.5 Å². The third kappa shape index (κ3) is 7.51. The van der Waals surface area contributed by atoms with Gasteiger partial charge in [-0.15, -0.1) is 0 Å². The number of aliphatic hydroxyl groups excluding tert-OH is 1. The van der Waals surface area contributed by atoms with E-state index >= 15 is 0 Å². The van der Waals surface area contributed by atoms with Gasteiger partial charge in [-0.25, -0.2) is 14.4 Å². The Morgan fingerprint density at radius 1 is 0.960 bits per heavy atom. The van der Waals surface area contributed by atoms with Gasteiger partial charge in [0, 0.05) is 6.42 Å². The predicted molar refractivity (Wildman–Crippen MR) is 86.7 cm³/mol. The van der Waals surface area contributed by atoms with Gasteiger partial charge in [0.15, 0.2) is 5.78 Å². The Balaban J connectivity index is 5.72. The number of carbonyl (C=O) groups excluding carboxylic acids is 4. The first-order valence-electron chi connectivity index (χ1n) is 8.00. The summed E-state index contributed by atoms with van der Waals surface area (Å²) in [5.41, 5.74) is -3.11. The van der Waals surface area contributed by atoms with Crippen LogP contribution in [0.3, 0.4) is 0 Å². The summed E-state index contributed by atoms with van der Waals surface area (Å²) in [7, 11) is 0. The minimum Gasteiger partial charge on any atom is -0.464 e. The van der Waals surface area contributed by atoms with Crippen LogP contribution in [0.4, 0.5) is 4.79 Å². The summed E-state index contributed by atoms with van der Waals surface area (Å²) in [6.07, 6.45) is -1.81. The zero-order valence-electron chi connectivity index (χ0n) is 15.3. The van der Waals surface area contributed by atoms with Crippen molar-refractivity contribution in [3.63, 3.8) is 0 Å². The van der Waals surface area contributed by atoms with E-state index in [1.54, 1.807) is 20.8 Å². The fraction of sp³-hybridized carbons (Fsp3) is 0.750. The van der Waals surface area contributed by atoms with E-state index in [4.69, 9.17) is 19.3 Å². The minimum atomic E-state index is -2.24. The van der Waals surface area contributed by atoms with Crippen LogP contribution >= 0.6 is 0 Å². The van der Waals surface area contributed by atoms with Crippen molar-refractivity contribution in [3.05, 3.63) is 0 Å². The summed E-state index contributed by atoms with van der Waals surface area (Å²) in [6, 6.07) is 0. The highest BCUT2D eigenvalue weighted by Gasteiger charge is 2.51. The molecule has 0 heterocycles. The number of esters is 2. The smallest absolute Gasteiger partial charge is 0.409 e. The average molecular weight is 361 g/mol. The molecule has 0 saturated carbocycles. The van der Waals surface area contributed by atoms with Crippen molar-refractivity contribution in [2.24, 2.45) is 0 Å². The van der Waals surface area contributed by atoms with Crippen molar-refractivity contribution in [1.29, 1.82) is 0 Å². The Morgan fingerprint density at radius 3 is 1.80 bits per heavy atom. The fourth-order valence-electron chi connectivity index (χ4n) is 1.84. The number of rotatable bonds is 9. The molecule has 25 heavy (non-hydrogen) atoms. The van der Waals surface area contributed by atoms with Crippen molar-refractivity contribution in [1.82, 2.24) is 5.32 Å². The third-order valence-electron chi connectivity index (χ3n) is 2.92. The lowest BCUT2D eigenvalue weighted by molar-refractivity contribution is -0.166. The molecule has 0 rings (SSSR count). The lowest BCUT2D eigenvalue weighted by Crippen LogP contribution is -2.62. The molecule has 0 fully saturated rings. The van der Waals surface area contributed by atoms with Crippen molar-refractivity contribution in [2.45, 2.75) is 58.6 Å². The van der Waals surface area contributed by atoms with Gasteiger partial charge in [0.2, 0.25) is 5.54 Å². The van der Waals surface area contributed by atoms with Crippen molar-refractivity contribution in [2.75, 3.05) is 19.8 Å². The van der Waals surface area contributed by atoms with Gasteiger partial charge in [-0.3, -0.25) is 10.1 Å². The third-order valence-corrected chi connectivity index (χ3v) is 2.92. The number of ether oxygens (including phenoxy) is 3. The van der Waals surface area contributed by atoms with Crippen LogP contribution < -0.4 is 5.32 Å². The average Bonchev–Trinajstić information content (AvgIpc) is 2.49. The Bertz CT molecular complexity index is 477. The standard InChI is InChI=1S/C16H27NO8/c1-6-23-12(20)16(13(21)24-7-2,9-8-11(19)10-18)17-14(22)25-15(3,4)5/h18H,6-10H2,1-5H3,(H,17,22). The number of amides is 1. The van der Waals surface area contributed by atoms with E-state index in [-0.39, 0.29) is 19.6 Å². The molecule has 9 nitrogen and oxygen atoms in total. The zero-order valence-corrected chi connectivity index (χ0v) is 15.3. The first-order chi connectivity index (χ1) is 11.5. The monoisotopic (exact) mass is 361 g/mol. The van der Waals surface area contributed by atoms with Gasteiger partial charge in [-0.1, -0.05) is 0 Å². The van der Waals surface area contributed by atoms with Crippen molar-refractivity contribution in [3.8, 4) is 0 Å². The van der Waals surface area contributed by atoms with E-state index in [1.807, 2.05) is 0 Å². The molecule has 0 aliphatic rings. The van der Waals surface area contributed by atoms with E-state index in [1.165, 1.54) is 13.8 Å². The maximum absolute atomic E-state index is 12.4. The number of Topliss-reactive ketones (excluding diaryl/α,β-unsaturated/α-hetero) is 1. The summed E-state index contributed by atoms with van der Waals surface area (Å²) >= 11 is 0. The summed E-state index contributed by atoms with van der Waals surface area (Å²) in [5.74, 6) is -2.74. The van der Waals surface area contributed by atoms with Crippen LogP contribution in [0, 0.1) is 0 Å². The number of ketones is 1. The quantitative estimate of drug-likeness (QED) is 0.349. The van der Waals surface area contributed by atoms with E-state index in [9.17, 15) is 19.2 Å². The molecular formula is C16H27NO8. The maximum Gasteiger partial charge on any atom is 0.409 e. The van der Waals surface area contributed by atoms with Crippen LogP contribution in [-0.4, -0.2) is 59.9 Å². The van der Waals surface area contributed by atoms with Crippen LogP contribution in [0.25, 0.3) is 0 Å². The van der Waals surface area contributed by atoms with E-state index in [0.29, 0.717) is 0 Å². The summed E-state index contributed by atoms with van der Waals surface area (Å²) in [4.78, 5) is 48.4. The number of aliphatic hydroxyl groups is 1. The SMILES string of the molecule is CCOC(=O)C(CCC(=O)CO)(NC(=O)OC(C)(C)C)C(=O)OCC. The molecular weight excluding hydrogens is 334 g/mol. The Kier molecular flexibility index (Phi) is 9.11. The molecule has 0 aromatic rings.